The molecule has 0 aliphatic carbocycles. The van der Waals surface area contributed by atoms with E-state index < -0.39 is 5.97 Å². The van der Waals surface area contributed by atoms with Crippen molar-refractivity contribution in [3.63, 3.8) is 0 Å². The number of ether oxygens (including phenoxy) is 1. The van der Waals surface area contributed by atoms with Gasteiger partial charge >= 0.3 is 5.97 Å². The van der Waals surface area contributed by atoms with E-state index in [0.717, 1.165) is 26.5 Å². The van der Waals surface area contributed by atoms with E-state index in [1.54, 1.807) is 28.7 Å². The maximum atomic E-state index is 11.8. The lowest BCUT2D eigenvalue weighted by atomic mass is 10.3. The van der Waals surface area contributed by atoms with Crippen molar-refractivity contribution in [1.29, 1.82) is 0 Å². The van der Waals surface area contributed by atoms with Crippen molar-refractivity contribution in [3.05, 3.63) is 59.1 Å². The van der Waals surface area contributed by atoms with E-state index in [1.807, 2.05) is 42.7 Å². The summed E-state index contributed by atoms with van der Waals surface area (Å²) in [5.74, 6) is -0.163. The van der Waals surface area contributed by atoms with E-state index in [1.165, 1.54) is 9.75 Å². The lowest BCUT2D eigenvalue weighted by molar-refractivity contribution is 0.0688. The van der Waals surface area contributed by atoms with Gasteiger partial charge in [0.05, 0.1) is 6.10 Å². The molecule has 4 nitrogen and oxygen atoms in total. The Labute approximate surface area is 165 Å². The number of rotatable bonds is 5. The molecular weight excluding hydrogens is 378 g/mol. The molecule has 0 unspecified atom stereocenters. The first kappa shape index (κ1) is 17.8. The highest BCUT2D eigenvalue weighted by atomic mass is 32.1. The summed E-state index contributed by atoms with van der Waals surface area (Å²) in [6.45, 7) is 6.04. The number of carboxylic acids is 1. The average molecular weight is 398 g/mol. The van der Waals surface area contributed by atoms with Gasteiger partial charge in [0.2, 0.25) is 0 Å². The Morgan fingerprint density at radius 1 is 1.04 bits per heavy atom. The molecule has 0 spiro atoms. The van der Waals surface area contributed by atoms with E-state index in [0.29, 0.717) is 0 Å². The molecule has 138 valence electrons. The Bertz CT molecular complexity index is 1120. The maximum absolute atomic E-state index is 11.8. The molecule has 3 aromatic heterocycles. The first-order chi connectivity index (χ1) is 12.9. The highest BCUT2D eigenvalue weighted by Gasteiger charge is 2.19. The van der Waals surface area contributed by atoms with Crippen molar-refractivity contribution in [3.8, 4) is 21.2 Å². The number of nitrogens with zero attached hydrogens (tertiary/aromatic N) is 1. The Balaban J connectivity index is 1.83. The fraction of sp³-hybridized carbons (Fsp3) is 0.190. The number of thiophene rings is 2. The number of hydrogen-bond donors (Lipinski definition) is 1. The van der Waals surface area contributed by atoms with Crippen LogP contribution in [0.15, 0.2) is 48.5 Å². The first-order valence-electron chi connectivity index (χ1n) is 8.65. The second-order valence-electron chi connectivity index (χ2n) is 6.61. The van der Waals surface area contributed by atoms with Gasteiger partial charge < -0.3 is 9.84 Å². The second kappa shape index (κ2) is 6.87. The van der Waals surface area contributed by atoms with Crippen molar-refractivity contribution in [2.45, 2.75) is 26.9 Å². The van der Waals surface area contributed by atoms with Gasteiger partial charge in [-0.05, 0) is 69.3 Å². The average Bonchev–Trinajstić information content (AvgIpc) is 3.28. The predicted octanol–water partition coefficient (Wildman–Crippen LogP) is 6.21. The summed E-state index contributed by atoms with van der Waals surface area (Å²) in [6, 6.07) is 15.6. The van der Waals surface area contributed by atoms with Gasteiger partial charge in [0.1, 0.15) is 16.3 Å². The first-order valence-corrected chi connectivity index (χ1v) is 10.3. The molecule has 0 bridgehead atoms. The fourth-order valence-electron chi connectivity index (χ4n) is 3.04. The van der Waals surface area contributed by atoms with Gasteiger partial charge in [0.15, 0.2) is 0 Å². The zero-order valence-corrected chi connectivity index (χ0v) is 16.9. The van der Waals surface area contributed by atoms with E-state index in [2.05, 4.69) is 25.1 Å². The normalized spacial score (nSPS) is 11.4. The molecule has 0 aliphatic heterocycles. The topological polar surface area (TPSA) is 51.5 Å². The molecule has 0 fully saturated rings. The van der Waals surface area contributed by atoms with Gasteiger partial charge in [-0.15, -0.1) is 22.7 Å². The van der Waals surface area contributed by atoms with E-state index >= 15 is 0 Å². The van der Waals surface area contributed by atoms with Crippen LogP contribution in [-0.4, -0.2) is 21.7 Å². The number of carboxylic acid groups (broad SMARTS) is 1. The summed E-state index contributed by atoms with van der Waals surface area (Å²) in [6.07, 6.45) is 0.0952. The summed E-state index contributed by atoms with van der Waals surface area (Å²) < 4.78 is 7.51. The minimum absolute atomic E-state index is 0.0952. The van der Waals surface area contributed by atoms with Gasteiger partial charge in [-0.3, -0.25) is 4.57 Å². The van der Waals surface area contributed by atoms with Crippen LogP contribution in [0.5, 0.6) is 5.75 Å². The van der Waals surface area contributed by atoms with Crippen molar-refractivity contribution in [1.82, 2.24) is 4.57 Å². The van der Waals surface area contributed by atoms with Crippen LogP contribution in [-0.2, 0) is 0 Å². The van der Waals surface area contributed by atoms with Crippen molar-refractivity contribution >= 4 is 38.9 Å². The van der Waals surface area contributed by atoms with Gasteiger partial charge in [-0.2, -0.15) is 0 Å². The van der Waals surface area contributed by atoms with Crippen LogP contribution in [0.25, 0.3) is 25.7 Å². The lowest BCUT2D eigenvalue weighted by Gasteiger charge is -2.11. The molecule has 0 aliphatic rings. The maximum Gasteiger partial charge on any atom is 0.352 e. The molecule has 1 aromatic carbocycles. The smallest absolute Gasteiger partial charge is 0.352 e. The van der Waals surface area contributed by atoms with Crippen LogP contribution in [0.3, 0.4) is 0 Å². The molecule has 27 heavy (non-hydrogen) atoms. The summed E-state index contributed by atoms with van der Waals surface area (Å²) in [5, 5.41) is 10.6. The van der Waals surface area contributed by atoms with E-state index in [-0.39, 0.29) is 11.8 Å². The van der Waals surface area contributed by atoms with Crippen LogP contribution in [0.4, 0.5) is 0 Å². The summed E-state index contributed by atoms with van der Waals surface area (Å²) in [4.78, 5) is 16.4. The second-order valence-corrected chi connectivity index (χ2v) is 8.93. The number of aromatic carboxylic acids is 1. The van der Waals surface area contributed by atoms with Crippen molar-refractivity contribution in [2.75, 3.05) is 0 Å². The molecule has 1 N–H and O–H groups in total. The standard InChI is InChI=1S/C21H19NO3S2/c1-12(2)25-16-7-5-15(6-8-16)22-17(21(23)24)10-14-11-19(27-20(14)22)18-9-4-13(3)26-18/h4-12H,1-3H3,(H,23,24). The van der Waals surface area contributed by atoms with Gasteiger partial charge in [0.25, 0.3) is 0 Å². The third kappa shape index (κ3) is 3.38. The number of aromatic nitrogens is 1. The minimum Gasteiger partial charge on any atom is -0.491 e. The third-order valence-electron chi connectivity index (χ3n) is 4.15. The number of aryl methyl sites for hydroxylation is 1. The molecule has 0 saturated heterocycles. The van der Waals surface area contributed by atoms with Crippen molar-refractivity contribution in [2.24, 2.45) is 0 Å². The van der Waals surface area contributed by atoms with Gasteiger partial charge in [-0.1, -0.05) is 0 Å². The molecule has 0 radical (unpaired) electrons. The third-order valence-corrected chi connectivity index (χ3v) is 6.48. The molecule has 4 aromatic rings. The SMILES string of the molecule is Cc1ccc(-c2cc3cc(C(=O)O)n(-c4ccc(OC(C)C)cc4)c3s2)s1. The number of benzene rings is 1. The molecule has 3 heterocycles. The van der Waals surface area contributed by atoms with Crippen LogP contribution < -0.4 is 4.74 Å². The number of hydrogen-bond acceptors (Lipinski definition) is 4. The fourth-order valence-corrected chi connectivity index (χ4v) is 5.17. The molecule has 4 rings (SSSR count). The van der Waals surface area contributed by atoms with Crippen LogP contribution in [0.2, 0.25) is 0 Å². The molecule has 0 atom stereocenters. The highest BCUT2D eigenvalue weighted by Crippen LogP contribution is 2.39. The Morgan fingerprint density at radius 3 is 2.37 bits per heavy atom. The Morgan fingerprint density at radius 2 is 1.78 bits per heavy atom. The zero-order valence-electron chi connectivity index (χ0n) is 15.2. The number of carbonyl (C=O) groups is 1. The van der Waals surface area contributed by atoms with Gasteiger partial charge in [0, 0.05) is 25.7 Å². The molecule has 0 saturated carbocycles. The van der Waals surface area contributed by atoms with Crippen molar-refractivity contribution < 1.29 is 14.6 Å². The van der Waals surface area contributed by atoms with E-state index in [4.69, 9.17) is 4.74 Å². The zero-order chi connectivity index (χ0) is 19.1. The van der Waals surface area contributed by atoms with Crippen LogP contribution in [0, 0.1) is 6.92 Å². The summed E-state index contributed by atoms with van der Waals surface area (Å²) in [5.41, 5.74) is 1.08. The monoisotopic (exact) mass is 397 g/mol. The highest BCUT2D eigenvalue weighted by molar-refractivity contribution is 7.25. The van der Waals surface area contributed by atoms with E-state index in [9.17, 15) is 9.90 Å². The van der Waals surface area contributed by atoms with Crippen LogP contribution in [0.1, 0.15) is 29.2 Å². The van der Waals surface area contributed by atoms with Gasteiger partial charge in [-0.25, -0.2) is 4.79 Å². The largest absolute Gasteiger partial charge is 0.491 e. The minimum atomic E-state index is -0.936. The molecule has 6 heteroatoms. The number of fused-ring (bicyclic) bond motifs is 1. The Kier molecular flexibility index (Phi) is 4.53. The summed E-state index contributed by atoms with van der Waals surface area (Å²) >= 11 is 3.36. The molecule has 0 amide bonds. The van der Waals surface area contributed by atoms with Crippen LogP contribution >= 0.6 is 22.7 Å². The predicted molar refractivity (Wildman–Crippen MR) is 112 cm³/mol. The Hall–Kier alpha value is -2.57. The lowest BCUT2D eigenvalue weighted by Crippen LogP contribution is -2.07. The molecular formula is C21H19NO3S2. The quantitative estimate of drug-likeness (QED) is 0.435. The summed E-state index contributed by atoms with van der Waals surface area (Å²) in [7, 11) is 0.